The van der Waals surface area contributed by atoms with Crippen molar-refractivity contribution in [1.82, 2.24) is 0 Å². The minimum absolute atomic E-state index is 0.0579. The van der Waals surface area contributed by atoms with Gasteiger partial charge in [-0.2, -0.15) is 5.26 Å². The van der Waals surface area contributed by atoms with E-state index in [1.54, 1.807) is 18.4 Å². The SMILES string of the molecule is N#CC1=C(N)OC2=C(C(=O)CC(c3ccco3)C2)C1c1ccc([N+](=O)[O-])cc1. The first-order valence-electron chi connectivity index (χ1n) is 8.61. The van der Waals surface area contributed by atoms with Gasteiger partial charge in [0, 0.05) is 36.5 Å². The van der Waals surface area contributed by atoms with Crippen LogP contribution in [0.1, 0.15) is 36.0 Å². The molecule has 8 heteroatoms. The minimum atomic E-state index is -0.709. The predicted molar refractivity (Wildman–Crippen MR) is 96.5 cm³/mol. The lowest BCUT2D eigenvalue weighted by Crippen LogP contribution is -2.29. The number of nitriles is 1. The van der Waals surface area contributed by atoms with Crippen LogP contribution in [0, 0.1) is 21.4 Å². The molecule has 2 heterocycles. The molecule has 0 amide bonds. The topological polar surface area (TPSA) is 132 Å². The molecule has 4 rings (SSSR count). The second-order valence-electron chi connectivity index (χ2n) is 6.65. The molecule has 0 radical (unpaired) electrons. The lowest BCUT2D eigenvalue weighted by atomic mass is 9.74. The molecule has 2 atom stereocenters. The van der Waals surface area contributed by atoms with E-state index in [0.717, 1.165) is 0 Å². The molecule has 2 N–H and O–H groups in total. The number of nitrogens with two attached hydrogens (primary N) is 1. The number of hydrogen-bond donors (Lipinski definition) is 1. The van der Waals surface area contributed by atoms with Crippen molar-refractivity contribution < 1.29 is 18.9 Å². The number of non-ortho nitro benzene ring substituents is 1. The molecule has 28 heavy (non-hydrogen) atoms. The van der Waals surface area contributed by atoms with Gasteiger partial charge in [-0.15, -0.1) is 0 Å². The number of ketones is 1. The van der Waals surface area contributed by atoms with E-state index in [2.05, 4.69) is 0 Å². The summed E-state index contributed by atoms with van der Waals surface area (Å²) in [6.45, 7) is 0. The molecule has 140 valence electrons. The quantitative estimate of drug-likeness (QED) is 0.640. The Labute approximate surface area is 159 Å². The highest BCUT2D eigenvalue weighted by atomic mass is 16.6. The normalized spacial score (nSPS) is 21.8. The maximum absolute atomic E-state index is 13.0. The van der Waals surface area contributed by atoms with E-state index in [9.17, 15) is 20.2 Å². The lowest BCUT2D eigenvalue weighted by Gasteiger charge is -2.33. The molecule has 1 aromatic heterocycles. The maximum atomic E-state index is 13.0. The van der Waals surface area contributed by atoms with Crippen LogP contribution in [-0.4, -0.2) is 10.7 Å². The monoisotopic (exact) mass is 377 g/mol. The Hall–Kier alpha value is -3.86. The third-order valence-corrected chi connectivity index (χ3v) is 5.04. The van der Waals surface area contributed by atoms with Crippen molar-refractivity contribution >= 4 is 11.5 Å². The zero-order chi connectivity index (χ0) is 19.8. The number of hydrogen-bond acceptors (Lipinski definition) is 7. The zero-order valence-electron chi connectivity index (χ0n) is 14.6. The van der Waals surface area contributed by atoms with Gasteiger partial charge in [0.25, 0.3) is 5.69 Å². The summed E-state index contributed by atoms with van der Waals surface area (Å²) in [6.07, 6.45) is 2.18. The van der Waals surface area contributed by atoms with Crippen LogP contribution in [0.25, 0.3) is 0 Å². The molecule has 1 aliphatic heterocycles. The Kier molecular flexibility index (Phi) is 4.20. The van der Waals surface area contributed by atoms with Gasteiger partial charge in [0.2, 0.25) is 5.88 Å². The molecule has 1 aromatic carbocycles. The number of nitro benzene ring substituents is 1. The molecule has 0 fully saturated rings. The van der Waals surface area contributed by atoms with E-state index in [1.165, 1.54) is 24.3 Å². The predicted octanol–water partition coefficient (Wildman–Crippen LogP) is 3.40. The van der Waals surface area contributed by atoms with Gasteiger partial charge < -0.3 is 14.9 Å². The highest BCUT2D eigenvalue weighted by Gasteiger charge is 2.41. The largest absolute Gasteiger partial charge is 0.469 e. The van der Waals surface area contributed by atoms with Crippen LogP contribution in [0.15, 0.2) is 69.9 Å². The Morgan fingerprint density at radius 3 is 2.57 bits per heavy atom. The first-order valence-corrected chi connectivity index (χ1v) is 8.61. The second kappa shape index (κ2) is 6.70. The van der Waals surface area contributed by atoms with Gasteiger partial charge in [-0.1, -0.05) is 12.1 Å². The van der Waals surface area contributed by atoms with Crippen LogP contribution in [-0.2, 0) is 9.53 Å². The van der Waals surface area contributed by atoms with Crippen molar-refractivity contribution in [3.63, 3.8) is 0 Å². The van der Waals surface area contributed by atoms with E-state index in [4.69, 9.17) is 14.9 Å². The molecule has 2 aliphatic rings. The summed E-state index contributed by atoms with van der Waals surface area (Å²) >= 11 is 0. The van der Waals surface area contributed by atoms with Gasteiger partial charge >= 0.3 is 0 Å². The molecule has 2 aromatic rings. The summed E-state index contributed by atoms with van der Waals surface area (Å²) in [6, 6.07) is 11.3. The number of carbonyl (C=O) groups excluding carboxylic acids is 1. The van der Waals surface area contributed by atoms with Crippen LogP contribution in [0.2, 0.25) is 0 Å². The summed E-state index contributed by atoms with van der Waals surface area (Å²) in [4.78, 5) is 23.4. The van der Waals surface area contributed by atoms with Crippen molar-refractivity contribution in [2.45, 2.75) is 24.7 Å². The second-order valence-corrected chi connectivity index (χ2v) is 6.65. The van der Waals surface area contributed by atoms with Crippen LogP contribution in [0.4, 0.5) is 5.69 Å². The maximum Gasteiger partial charge on any atom is 0.269 e. The average Bonchev–Trinajstić information content (AvgIpc) is 3.21. The molecule has 1 aliphatic carbocycles. The molecule has 0 spiro atoms. The molecule has 0 saturated heterocycles. The van der Waals surface area contributed by atoms with Crippen molar-refractivity contribution in [3.8, 4) is 6.07 Å². The highest BCUT2D eigenvalue weighted by Crippen LogP contribution is 2.46. The molecular weight excluding hydrogens is 362 g/mol. The first kappa shape index (κ1) is 17.5. The Morgan fingerprint density at radius 1 is 1.21 bits per heavy atom. The number of nitro groups is 1. The number of nitrogens with zero attached hydrogens (tertiary/aromatic N) is 2. The summed E-state index contributed by atoms with van der Waals surface area (Å²) in [5.74, 6) is 0.0000666. The van der Waals surface area contributed by atoms with Crippen LogP contribution >= 0.6 is 0 Å². The van der Waals surface area contributed by atoms with E-state index >= 15 is 0 Å². The summed E-state index contributed by atoms with van der Waals surface area (Å²) in [5, 5.41) is 20.5. The smallest absolute Gasteiger partial charge is 0.269 e. The first-order chi connectivity index (χ1) is 13.5. The molecular formula is C20H15N3O5. The summed E-state index contributed by atoms with van der Waals surface area (Å²) in [7, 11) is 0. The van der Waals surface area contributed by atoms with Crippen LogP contribution in [0.5, 0.6) is 0 Å². The van der Waals surface area contributed by atoms with Crippen molar-refractivity contribution in [3.05, 3.63) is 86.9 Å². The number of rotatable bonds is 3. The van der Waals surface area contributed by atoms with E-state index < -0.39 is 10.8 Å². The number of Topliss-reactive ketones (excluding diaryl/α,β-unsaturated/α-hetero) is 1. The van der Waals surface area contributed by atoms with Crippen molar-refractivity contribution in [2.24, 2.45) is 5.73 Å². The Balaban J connectivity index is 1.78. The van der Waals surface area contributed by atoms with Crippen molar-refractivity contribution in [2.75, 3.05) is 0 Å². The third-order valence-electron chi connectivity index (χ3n) is 5.04. The van der Waals surface area contributed by atoms with E-state index in [-0.39, 0.29) is 35.3 Å². The Bertz CT molecular complexity index is 1060. The fraction of sp³-hybridized carbons (Fsp3) is 0.200. The number of ether oxygens (including phenoxy) is 1. The van der Waals surface area contributed by atoms with Gasteiger partial charge in [-0.05, 0) is 17.7 Å². The number of allylic oxidation sites excluding steroid dienone is 3. The molecule has 8 nitrogen and oxygen atoms in total. The highest BCUT2D eigenvalue weighted by molar-refractivity contribution is 6.00. The van der Waals surface area contributed by atoms with Gasteiger partial charge in [-0.25, -0.2) is 0 Å². The minimum Gasteiger partial charge on any atom is -0.469 e. The van der Waals surface area contributed by atoms with Gasteiger partial charge in [0.15, 0.2) is 5.78 Å². The number of furan rings is 1. The zero-order valence-corrected chi connectivity index (χ0v) is 14.6. The Morgan fingerprint density at radius 2 is 1.96 bits per heavy atom. The average molecular weight is 377 g/mol. The van der Waals surface area contributed by atoms with Gasteiger partial charge in [-0.3, -0.25) is 14.9 Å². The van der Waals surface area contributed by atoms with Crippen molar-refractivity contribution in [1.29, 1.82) is 5.26 Å². The van der Waals surface area contributed by atoms with Gasteiger partial charge in [0.1, 0.15) is 23.2 Å². The molecule has 0 saturated carbocycles. The van der Waals surface area contributed by atoms with Gasteiger partial charge in [0.05, 0.1) is 17.1 Å². The van der Waals surface area contributed by atoms with Crippen LogP contribution in [0.3, 0.4) is 0 Å². The third kappa shape index (κ3) is 2.83. The van der Waals surface area contributed by atoms with E-state index in [0.29, 0.717) is 29.1 Å². The molecule has 2 unspecified atom stereocenters. The lowest BCUT2D eigenvalue weighted by molar-refractivity contribution is -0.384. The standard InChI is InChI=1S/C20H15N3O5/c21-10-14-18(11-3-5-13(6-4-11)23(25)26)19-15(24)8-12(16-2-1-7-27-16)9-17(19)28-20(14)22/h1-7,12,18H,8-9,22H2. The van der Waals surface area contributed by atoms with E-state index in [1.807, 2.05) is 6.07 Å². The molecule has 0 bridgehead atoms. The summed E-state index contributed by atoms with van der Waals surface area (Å²) < 4.78 is 11.1. The fourth-order valence-electron chi connectivity index (χ4n) is 3.75. The summed E-state index contributed by atoms with van der Waals surface area (Å²) in [5.41, 5.74) is 6.97. The van der Waals surface area contributed by atoms with Crippen LogP contribution < -0.4 is 5.73 Å². The number of benzene rings is 1. The fourth-order valence-corrected chi connectivity index (χ4v) is 3.75. The number of carbonyl (C=O) groups is 1.